The first-order chi connectivity index (χ1) is 9.85. The van der Waals surface area contributed by atoms with Gasteiger partial charge in [0.05, 0.1) is 6.10 Å². The van der Waals surface area contributed by atoms with E-state index in [4.69, 9.17) is 4.74 Å². The van der Waals surface area contributed by atoms with E-state index >= 15 is 0 Å². The molecule has 3 rings (SSSR count). The summed E-state index contributed by atoms with van der Waals surface area (Å²) >= 11 is 1.68. The highest BCUT2D eigenvalue weighted by Crippen LogP contribution is 2.26. The number of rotatable bonds is 4. The number of benzene rings is 1. The number of aromatic nitrogens is 1. The van der Waals surface area contributed by atoms with Crippen molar-refractivity contribution in [1.82, 2.24) is 4.98 Å². The highest BCUT2D eigenvalue weighted by Gasteiger charge is 2.21. The van der Waals surface area contributed by atoms with E-state index in [-0.39, 0.29) is 0 Å². The van der Waals surface area contributed by atoms with Crippen molar-refractivity contribution < 1.29 is 4.74 Å². The van der Waals surface area contributed by atoms with Crippen LogP contribution >= 0.6 is 11.3 Å². The number of nitrogens with one attached hydrogen (secondary N) is 1. The van der Waals surface area contributed by atoms with Crippen LogP contribution in [0.3, 0.4) is 0 Å². The summed E-state index contributed by atoms with van der Waals surface area (Å²) in [5, 5.41) is 6.73. The van der Waals surface area contributed by atoms with Gasteiger partial charge in [0.1, 0.15) is 5.01 Å². The largest absolute Gasteiger partial charge is 0.382 e. The molecule has 1 aromatic heterocycles. The summed E-state index contributed by atoms with van der Waals surface area (Å²) in [4.78, 5) is 4.37. The maximum Gasteiger partial charge on any atom is 0.123 e. The third-order valence-electron chi connectivity index (χ3n) is 3.74. The summed E-state index contributed by atoms with van der Waals surface area (Å²) in [5.74, 6) is 0. The number of ether oxygens (including phenoxy) is 1. The molecule has 0 amide bonds. The van der Waals surface area contributed by atoms with Gasteiger partial charge in [-0.25, -0.2) is 4.98 Å². The fraction of sp³-hybridized carbons (Fsp3) is 0.438. The Labute approximate surface area is 124 Å². The fourth-order valence-electron chi connectivity index (χ4n) is 2.64. The third-order valence-corrected chi connectivity index (χ3v) is 4.56. The summed E-state index contributed by atoms with van der Waals surface area (Å²) in [6, 6.07) is 9.04. The summed E-state index contributed by atoms with van der Waals surface area (Å²) in [6.45, 7) is 3.05. The Balaban J connectivity index is 1.70. The van der Waals surface area contributed by atoms with Crippen molar-refractivity contribution in [2.45, 2.75) is 38.3 Å². The van der Waals surface area contributed by atoms with Gasteiger partial charge < -0.3 is 10.1 Å². The predicted octanol–water partition coefficient (Wildman–Crippen LogP) is 4.18. The molecule has 0 spiro atoms. The van der Waals surface area contributed by atoms with E-state index in [9.17, 15) is 0 Å². The number of thiazole rings is 1. The van der Waals surface area contributed by atoms with Crippen molar-refractivity contribution in [3.05, 3.63) is 35.8 Å². The molecule has 4 heteroatoms. The van der Waals surface area contributed by atoms with Crippen LogP contribution in [0.4, 0.5) is 5.69 Å². The van der Waals surface area contributed by atoms with Crippen LogP contribution in [0.15, 0.2) is 35.8 Å². The second-order valence-electron chi connectivity index (χ2n) is 5.18. The molecule has 0 bridgehead atoms. The maximum atomic E-state index is 5.73. The molecule has 20 heavy (non-hydrogen) atoms. The van der Waals surface area contributed by atoms with E-state index in [2.05, 4.69) is 41.5 Å². The van der Waals surface area contributed by atoms with E-state index in [0.29, 0.717) is 12.1 Å². The Morgan fingerprint density at radius 1 is 1.45 bits per heavy atom. The zero-order chi connectivity index (χ0) is 13.8. The normalized spacial score (nSPS) is 22.6. The minimum Gasteiger partial charge on any atom is -0.382 e. The van der Waals surface area contributed by atoms with Gasteiger partial charge in [-0.05, 0) is 31.4 Å². The smallest absolute Gasteiger partial charge is 0.123 e. The highest BCUT2D eigenvalue weighted by atomic mass is 32.1. The summed E-state index contributed by atoms with van der Waals surface area (Å²) in [5.41, 5.74) is 2.36. The maximum absolute atomic E-state index is 5.73. The summed E-state index contributed by atoms with van der Waals surface area (Å²) < 4.78 is 5.73. The third kappa shape index (κ3) is 3.19. The standard InChI is InChI=1S/C16H20N2OS/c1-2-15-11-14(6-8-19-15)18-13-5-3-4-12(10-13)16-17-7-9-20-16/h3-5,7,9-10,14-15,18H,2,6,8,11H2,1H3. The van der Waals surface area contributed by atoms with Gasteiger partial charge in [-0.15, -0.1) is 11.3 Å². The number of hydrogen-bond donors (Lipinski definition) is 1. The van der Waals surface area contributed by atoms with Gasteiger partial charge in [-0.1, -0.05) is 19.1 Å². The van der Waals surface area contributed by atoms with E-state index in [1.165, 1.54) is 11.3 Å². The molecule has 0 radical (unpaired) electrons. The average molecular weight is 288 g/mol. The van der Waals surface area contributed by atoms with Crippen molar-refractivity contribution in [3.8, 4) is 10.6 Å². The minimum atomic E-state index is 0.406. The molecule has 1 fully saturated rings. The molecular weight excluding hydrogens is 268 g/mol. The summed E-state index contributed by atoms with van der Waals surface area (Å²) in [7, 11) is 0. The molecule has 3 nitrogen and oxygen atoms in total. The molecule has 2 atom stereocenters. The topological polar surface area (TPSA) is 34.2 Å². The lowest BCUT2D eigenvalue weighted by molar-refractivity contribution is 0.00926. The molecule has 1 saturated heterocycles. The Morgan fingerprint density at radius 2 is 2.40 bits per heavy atom. The van der Waals surface area contributed by atoms with Crippen molar-refractivity contribution in [2.24, 2.45) is 0 Å². The van der Waals surface area contributed by atoms with Crippen molar-refractivity contribution >= 4 is 17.0 Å². The lowest BCUT2D eigenvalue weighted by Crippen LogP contribution is -2.33. The molecule has 0 saturated carbocycles. The first kappa shape index (κ1) is 13.6. The van der Waals surface area contributed by atoms with Crippen LogP contribution in [0.1, 0.15) is 26.2 Å². The molecular formula is C16H20N2OS. The van der Waals surface area contributed by atoms with E-state index < -0.39 is 0 Å². The lowest BCUT2D eigenvalue weighted by atomic mass is 10.0. The second kappa shape index (κ2) is 6.37. The zero-order valence-electron chi connectivity index (χ0n) is 11.7. The molecule has 1 N–H and O–H groups in total. The monoisotopic (exact) mass is 288 g/mol. The van der Waals surface area contributed by atoms with Crippen LogP contribution in [0.5, 0.6) is 0 Å². The quantitative estimate of drug-likeness (QED) is 0.916. The van der Waals surface area contributed by atoms with Crippen LogP contribution in [0, 0.1) is 0 Å². The molecule has 1 aromatic carbocycles. The zero-order valence-corrected chi connectivity index (χ0v) is 12.5. The fourth-order valence-corrected chi connectivity index (χ4v) is 3.27. The van der Waals surface area contributed by atoms with Crippen molar-refractivity contribution in [2.75, 3.05) is 11.9 Å². The van der Waals surface area contributed by atoms with E-state index in [0.717, 1.165) is 30.9 Å². The van der Waals surface area contributed by atoms with Crippen LogP contribution in [-0.2, 0) is 4.74 Å². The van der Waals surface area contributed by atoms with Crippen molar-refractivity contribution in [1.29, 1.82) is 0 Å². The number of anilines is 1. The lowest BCUT2D eigenvalue weighted by Gasteiger charge is -2.30. The van der Waals surface area contributed by atoms with Crippen LogP contribution < -0.4 is 5.32 Å². The van der Waals surface area contributed by atoms with E-state index in [1.54, 1.807) is 11.3 Å². The Morgan fingerprint density at radius 3 is 3.20 bits per heavy atom. The van der Waals surface area contributed by atoms with Crippen LogP contribution in [0.2, 0.25) is 0 Å². The van der Waals surface area contributed by atoms with Gasteiger partial charge in [-0.3, -0.25) is 0 Å². The predicted molar refractivity (Wildman–Crippen MR) is 84.2 cm³/mol. The molecule has 2 heterocycles. The first-order valence-electron chi connectivity index (χ1n) is 7.23. The summed E-state index contributed by atoms with van der Waals surface area (Å²) in [6.07, 6.45) is 5.53. The first-order valence-corrected chi connectivity index (χ1v) is 8.11. The molecule has 1 aliphatic rings. The van der Waals surface area contributed by atoms with Crippen molar-refractivity contribution in [3.63, 3.8) is 0 Å². The molecule has 1 aliphatic heterocycles. The second-order valence-corrected chi connectivity index (χ2v) is 6.08. The Kier molecular flexibility index (Phi) is 4.33. The molecule has 2 aromatic rings. The number of hydrogen-bond acceptors (Lipinski definition) is 4. The van der Waals surface area contributed by atoms with Crippen LogP contribution in [-0.4, -0.2) is 23.7 Å². The highest BCUT2D eigenvalue weighted by molar-refractivity contribution is 7.13. The van der Waals surface area contributed by atoms with Gasteiger partial charge in [0, 0.05) is 35.5 Å². The van der Waals surface area contributed by atoms with Gasteiger partial charge in [0.2, 0.25) is 0 Å². The molecule has 2 unspecified atom stereocenters. The minimum absolute atomic E-state index is 0.406. The van der Waals surface area contributed by atoms with Gasteiger partial charge in [-0.2, -0.15) is 0 Å². The van der Waals surface area contributed by atoms with Crippen LogP contribution in [0.25, 0.3) is 10.6 Å². The number of nitrogens with zero attached hydrogens (tertiary/aromatic N) is 1. The SMILES string of the molecule is CCC1CC(Nc2cccc(-c3nccs3)c2)CCO1. The average Bonchev–Trinajstić information content (AvgIpc) is 3.02. The van der Waals surface area contributed by atoms with Gasteiger partial charge in [0.15, 0.2) is 0 Å². The van der Waals surface area contributed by atoms with Gasteiger partial charge in [0.25, 0.3) is 0 Å². The molecule has 106 valence electrons. The van der Waals surface area contributed by atoms with Gasteiger partial charge >= 0.3 is 0 Å². The Bertz CT molecular complexity index is 541. The Hall–Kier alpha value is -1.39. The molecule has 0 aliphatic carbocycles. The van der Waals surface area contributed by atoms with E-state index in [1.807, 2.05) is 11.6 Å².